The Morgan fingerprint density at radius 1 is 1.12 bits per heavy atom. The summed E-state index contributed by atoms with van der Waals surface area (Å²) in [6.45, 7) is 0.148. The zero-order valence-corrected chi connectivity index (χ0v) is 11.8. The highest BCUT2D eigenvalue weighted by Gasteiger charge is 2.18. The molecule has 0 bridgehead atoms. The average molecular weight is 305 g/mol. The van der Waals surface area contributed by atoms with Gasteiger partial charge in [0.1, 0.15) is 10.2 Å². The Balaban J connectivity index is 3.24. The fourth-order valence-corrected chi connectivity index (χ4v) is 2.43. The lowest BCUT2D eigenvalue weighted by Crippen LogP contribution is -2.00. The number of hydrogen-bond acceptors (Lipinski definition) is 4. The van der Waals surface area contributed by atoms with Crippen LogP contribution in [0.25, 0.3) is 0 Å². The van der Waals surface area contributed by atoms with E-state index < -0.39 is 0 Å². The smallest absolute Gasteiger partial charge is 0.178 e. The highest BCUT2D eigenvalue weighted by Crippen LogP contribution is 2.44. The first-order valence-corrected chi connectivity index (χ1v) is 6.07. The van der Waals surface area contributed by atoms with Crippen molar-refractivity contribution in [2.45, 2.75) is 12.8 Å². The molecule has 0 aliphatic heterocycles. The zero-order chi connectivity index (χ0) is 12.8. The fraction of sp³-hybridized carbons (Fsp3) is 0.500. The Kier molecular flexibility index (Phi) is 5.58. The predicted molar refractivity (Wildman–Crippen MR) is 69.2 cm³/mol. The van der Waals surface area contributed by atoms with E-state index in [1.165, 1.54) is 0 Å². The Morgan fingerprint density at radius 3 is 2.24 bits per heavy atom. The summed E-state index contributed by atoms with van der Waals surface area (Å²) in [5.41, 5.74) is 0.978. The first-order valence-electron chi connectivity index (χ1n) is 5.27. The molecule has 5 heteroatoms. The van der Waals surface area contributed by atoms with E-state index in [1.54, 1.807) is 21.3 Å². The van der Waals surface area contributed by atoms with Crippen LogP contribution in [0.2, 0.25) is 0 Å². The third-order valence-electron chi connectivity index (χ3n) is 2.45. The molecule has 0 aliphatic carbocycles. The lowest BCUT2D eigenvalue weighted by Gasteiger charge is -2.16. The van der Waals surface area contributed by atoms with Crippen LogP contribution in [0, 0.1) is 0 Å². The molecule has 0 aromatic heterocycles. The van der Waals surface area contributed by atoms with Gasteiger partial charge in [-0.3, -0.25) is 0 Å². The average Bonchev–Trinajstić information content (AvgIpc) is 2.35. The van der Waals surface area contributed by atoms with Crippen molar-refractivity contribution < 1.29 is 19.3 Å². The molecule has 0 radical (unpaired) electrons. The van der Waals surface area contributed by atoms with Crippen LogP contribution in [-0.4, -0.2) is 33.0 Å². The third kappa shape index (κ3) is 3.04. The van der Waals surface area contributed by atoms with Crippen molar-refractivity contribution in [3.05, 3.63) is 16.1 Å². The molecule has 0 unspecified atom stereocenters. The minimum Gasteiger partial charge on any atom is -0.495 e. The molecule has 0 fully saturated rings. The Hall–Kier alpha value is -0.940. The number of aliphatic hydroxyl groups is 1. The minimum atomic E-state index is 0.148. The number of methoxy groups -OCH3 is 3. The van der Waals surface area contributed by atoms with Crippen LogP contribution in [-0.2, 0) is 6.42 Å². The molecule has 1 aromatic carbocycles. The van der Waals surface area contributed by atoms with Crippen molar-refractivity contribution >= 4 is 15.9 Å². The summed E-state index contributed by atoms with van der Waals surface area (Å²) in [5, 5.41) is 8.88. The number of rotatable bonds is 6. The van der Waals surface area contributed by atoms with E-state index in [9.17, 15) is 0 Å². The van der Waals surface area contributed by atoms with E-state index in [1.807, 2.05) is 6.07 Å². The topological polar surface area (TPSA) is 47.9 Å². The van der Waals surface area contributed by atoms with Gasteiger partial charge in [-0.2, -0.15) is 0 Å². The number of halogens is 1. The van der Waals surface area contributed by atoms with Crippen molar-refractivity contribution in [2.75, 3.05) is 27.9 Å². The third-order valence-corrected chi connectivity index (χ3v) is 3.17. The molecule has 17 heavy (non-hydrogen) atoms. The summed E-state index contributed by atoms with van der Waals surface area (Å²) < 4.78 is 16.6. The second-order valence-corrected chi connectivity index (χ2v) is 4.24. The van der Waals surface area contributed by atoms with E-state index in [0.717, 1.165) is 22.2 Å². The van der Waals surface area contributed by atoms with Gasteiger partial charge in [0.2, 0.25) is 0 Å². The van der Waals surface area contributed by atoms with Crippen LogP contribution in [0.4, 0.5) is 0 Å². The quantitative estimate of drug-likeness (QED) is 0.877. The van der Waals surface area contributed by atoms with Crippen LogP contribution in [0.5, 0.6) is 17.2 Å². The van der Waals surface area contributed by atoms with E-state index in [4.69, 9.17) is 19.3 Å². The van der Waals surface area contributed by atoms with Gasteiger partial charge in [0.25, 0.3) is 0 Å². The molecule has 4 nitrogen and oxygen atoms in total. The number of ether oxygens (including phenoxy) is 3. The normalized spacial score (nSPS) is 10.2. The van der Waals surface area contributed by atoms with E-state index in [2.05, 4.69) is 15.9 Å². The Morgan fingerprint density at radius 2 is 1.76 bits per heavy atom. The van der Waals surface area contributed by atoms with Crippen molar-refractivity contribution in [1.29, 1.82) is 0 Å². The second-order valence-electron chi connectivity index (χ2n) is 3.45. The van der Waals surface area contributed by atoms with E-state index >= 15 is 0 Å². The van der Waals surface area contributed by atoms with Gasteiger partial charge in [-0.1, -0.05) is 0 Å². The van der Waals surface area contributed by atoms with Gasteiger partial charge in [0, 0.05) is 6.61 Å². The SMILES string of the molecule is COc1cc(CCCO)c(OC)c(Br)c1OC. The monoisotopic (exact) mass is 304 g/mol. The molecule has 0 aliphatic rings. The van der Waals surface area contributed by atoms with Crippen LogP contribution in [0.1, 0.15) is 12.0 Å². The van der Waals surface area contributed by atoms with Crippen molar-refractivity contribution in [3.8, 4) is 17.2 Å². The molecule has 1 aromatic rings. The number of aliphatic hydroxyl groups excluding tert-OH is 1. The minimum absolute atomic E-state index is 0.148. The molecule has 0 heterocycles. The summed E-state index contributed by atoms with van der Waals surface area (Å²) in [4.78, 5) is 0. The van der Waals surface area contributed by atoms with E-state index in [0.29, 0.717) is 17.9 Å². The molecular weight excluding hydrogens is 288 g/mol. The Bertz CT molecular complexity index is 379. The number of hydrogen-bond donors (Lipinski definition) is 1. The predicted octanol–water partition coefficient (Wildman–Crippen LogP) is 2.40. The standard InChI is InChI=1S/C12H17BrO4/c1-15-9-7-8(5-4-6-14)11(16-2)10(13)12(9)17-3/h7,14H,4-6H2,1-3H3. The lowest BCUT2D eigenvalue weighted by molar-refractivity contribution is 0.287. The van der Waals surface area contributed by atoms with Crippen molar-refractivity contribution in [1.82, 2.24) is 0 Å². The maximum atomic E-state index is 8.88. The fourth-order valence-electron chi connectivity index (χ4n) is 1.66. The molecule has 0 atom stereocenters. The summed E-state index contributed by atoms with van der Waals surface area (Å²) in [5.74, 6) is 1.97. The maximum absolute atomic E-state index is 8.88. The van der Waals surface area contributed by atoms with Gasteiger partial charge in [0.05, 0.1) is 21.3 Å². The van der Waals surface area contributed by atoms with Gasteiger partial charge in [-0.15, -0.1) is 0 Å². The van der Waals surface area contributed by atoms with Crippen LogP contribution in [0.15, 0.2) is 10.5 Å². The molecule has 0 amide bonds. The Labute approximate surface area is 110 Å². The maximum Gasteiger partial charge on any atom is 0.178 e. The highest BCUT2D eigenvalue weighted by molar-refractivity contribution is 9.10. The lowest BCUT2D eigenvalue weighted by atomic mass is 10.1. The molecular formula is C12H17BrO4. The van der Waals surface area contributed by atoms with Gasteiger partial charge in [-0.05, 0) is 40.4 Å². The largest absolute Gasteiger partial charge is 0.495 e. The van der Waals surface area contributed by atoms with Crippen LogP contribution >= 0.6 is 15.9 Å². The molecule has 96 valence electrons. The second kappa shape index (κ2) is 6.71. The molecule has 1 N–H and O–H groups in total. The van der Waals surface area contributed by atoms with E-state index in [-0.39, 0.29) is 6.61 Å². The van der Waals surface area contributed by atoms with Gasteiger partial charge in [0.15, 0.2) is 11.5 Å². The van der Waals surface area contributed by atoms with Crippen molar-refractivity contribution in [2.24, 2.45) is 0 Å². The molecule has 0 saturated carbocycles. The van der Waals surface area contributed by atoms with Crippen LogP contribution in [0.3, 0.4) is 0 Å². The molecule has 0 spiro atoms. The molecule has 1 rings (SSSR count). The summed E-state index contributed by atoms with van der Waals surface area (Å²) in [6, 6.07) is 1.87. The van der Waals surface area contributed by atoms with Gasteiger partial charge >= 0.3 is 0 Å². The highest BCUT2D eigenvalue weighted by atomic mass is 79.9. The van der Waals surface area contributed by atoms with Crippen LogP contribution < -0.4 is 14.2 Å². The first-order chi connectivity index (χ1) is 8.19. The van der Waals surface area contributed by atoms with Gasteiger partial charge < -0.3 is 19.3 Å². The molecule has 0 saturated heterocycles. The zero-order valence-electron chi connectivity index (χ0n) is 10.2. The number of benzene rings is 1. The first kappa shape index (κ1) is 14.1. The van der Waals surface area contributed by atoms with Crippen molar-refractivity contribution in [3.63, 3.8) is 0 Å². The summed E-state index contributed by atoms with van der Waals surface area (Å²) in [6.07, 6.45) is 1.40. The number of aryl methyl sites for hydroxylation is 1. The summed E-state index contributed by atoms with van der Waals surface area (Å²) in [7, 11) is 4.77. The van der Waals surface area contributed by atoms with Gasteiger partial charge in [-0.25, -0.2) is 0 Å². The summed E-state index contributed by atoms with van der Waals surface area (Å²) >= 11 is 3.44.